The van der Waals surface area contributed by atoms with Crippen LogP contribution in [0.5, 0.6) is 11.5 Å². The van der Waals surface area contributed by atoms with Crippen LogP contribution >= 0.6 is 0 Å². The van der Waals surface area contributed by atoms with Crippen LogP contribution in [0.1, 0.15) is 24.0 Å². The summed E-state index contributed by atoms with van der Waals surface area (Å²) < 4.78 is 17.1. The zero-order chi connectivity index (χ0) is 20.0. The molecule has 7 nitrogen and oxygen atoms in total. The second-order valence-corrected chi connectivity index (χ2v) is 8.45. The van der Waals surface area contributed by atoms with E-state index in [2.05, 4.69) is 0 Å². The second-order valence-electron chi connectivity index (χ2n) is 8.45. The number of carbonyl (C=O) groups is 2. The maximum atomic E-state index is 12.8. The van der Waals surface area contributed by atoms with Gasteiger partial charge in [-0.25, -0.2) is 4.79 Å². The van der Waals surface area contributed by atoms with Crippen molar-refractivity contribution in [1.29, 1.82) is 0 Å². The quantitative estimate of drug-likeness (QED) is 0.784. The number of allylic oxidation sites excluding steroid dienone is 1. The fourth-order valence-electron chi connectivity index (χ4n) is 5.72. The van der Waals surface area contributed by atoms with E-state index in [0.29, 0.717) is 37.5 Å². The molecule has 2 aliphatic heterocycles. The minimum absolute atomic E-state index is 0.170. The molecule has 6 rings (SSSR count). The van der Waals surface area contributed by atoms with E-state index in [9.17, 15) is 14.7 Å². The van der Waals surface area contributed by atoms with Gasteiger partial charge in [-0.15, -0.1) is 0 Å². The molecule has 5 aliphatic rings. The van der Waals surface area contributed by atoms with Gasteiger partial charge in [0, 0.05) is 12.1 Å². The molecule has 0 saturated carbocycles. The fraction of sp³-hybridized carbons (Fsp3) is 0.455. The van der Waals surface area contributed by atoms with Crippen LogP contribution in [0.25, 0.3) is 0 Å². The van der Waals surface area contributed by atoms with Crippen molar-refractivity contribution in [2.24, 2.45) is 0 Å². The van der Waals surface area contributed by atoms with Gasteiger partial charge in [0.25, 0.3) is 0 Å². The largest absolute Gasteiger partial charge is 0.493 e. The Morgan fingerprint density at radius 1 is 1.41 bits per heavy atom. The molecule has 7 heteroatoms. The highest BCUT2D eigenvalue weighted by Crippen LogP contribution is 2.63. The average Bonchev–Trinajstić information content (AvgIpc) is 3.47. The molecular formula is C22H21NO6. The van der Waals surface area contributed by atoms with Gasteiger partial charge in [-0.2, -0.15) is 0 Å². The third-order valence-electron chi connectivity index (χ3n) is 7.18. The molecule has 3 aliphatic carbocycles. The Hall–Kier alpha value is -2.80. The molecule has 1 spiro atoms. The maximum Gasteiger partial charge on any atom is 0.410 e. The van der Waals surface area contributed by atoms with Crippen molar-refractivity contribution in [1.82, 2.24) is 4.90 Å². The van der Waals surface area contributed by atoms with Crippen molar-refractivity contribution < 1.29 is 28.9 Å². The number of benzene rings is 1. The van der Waals surface area contributed by atoms with Crippen LogP contribution in [-0.2, 0) is 21.4 Å². The number of methoxy groups -OCH3 is 1. The summed E-state index contributed by atoms with van der Waals surface area (Å²) in [5.74, 6) is 0.928. The number of nitrogens with zero attached hydrogens (tertiary/aromatic N) is 1. The van der Waals surface area contributed by atoms with Crippen molar-refractivity contribution in [3.63, 3.8) is 0 Å². The lowest BCUT2D eigenvalue weighted by molar-refractivity contribution is -0.150. The number of likely N-dealkylation sites (tertiary alicyclic amines) is 1. The fourth-order valence-corrected chi connectivity index (χ4v) is 5.72. The highest BCUT2D eigenvalue weighted by atomic mass is 16.6. The zero-order valence-electron chi connectivity index (χ0n) is 16.0. The van der Waals surface area contributed by atoms with Gasteiger partial charge in [0.2, 0.25) is 0 Å². The summed E-state index contributed by atoms with van der Waals surface area (Å²) in [6, 6.07) is 3.24. The van der Waals surface area contributed by atoms with Crippen LogP contribution in [0.3, 0.4) is 0 Å². The topological polar surface area (TPSA) is 85.3 Å². The molecule has 0 radical (unpaired) electrons. The molecule has 1 aromatic carbocycles. The molecule has 150 valence electrons. The van der Waals surface area contributed by atoms with Gasteiger partial charge in [0.15, 0.2) is 23.4 Å². The van der Waals surface area contributed by atoms with Crippen LogP contribution in [0.2, 0.25) is 0 Å². The van der Waals surface area contributed by atoms with Gasteiger partial charge in [0.05, 0.1) is 18.6 Å². The van der Waals surface area contributed by atoms with E-state index in [0.717, 1.165) is 23.1 Å². The molecule has 1 aromatic rings. The molecule has 4 atom stereocenters. The van der Waals surface area contributed by atoms with Gasteiger partial charge in [-0.1, -0.05) is 12.1 Å². The maximum absolute atomic E-state index is 12.8. The summed E-state index contributed by atoms with van der Waals surface area (Å²) in [5, 5.41) is 12.0. The Morgan fingerprint density at radius 3 is 3.00 bits per heavy atom. The van der Waals surface area contributed by atoms with Crippen LogP contribution in [0.4, 0.5) is 4.79 Å². The number of hydrogen-bond donors (Lipinski definition) is 1. The number of piperidine rings is 1. The van der Waals surface area contributed by atoms with Gasteiger partial charge in [-0.3, -0.25) is 4.79 Å². The molecule has 1 amide bonds. The Morgan fingerprint density at radius 2 is 2.24 bits per heavy atom. The molecule has 1 saturated heterocycles. The summed E-state index contributed by atoms with van der Waals surface area (Å²) >= 11 is 0. The van der Waals surface area contributed by atoms with Crippen molar-refractivity contribution >= 4 is 11.9 Å². The highest BCUT2D eigenvalue weighted by molar-refractivity contribution is 5.99. The highest BCUT2D eigenvalue weighted by Gasteiger charge is 2.72. The van der Waals surface area contributed by atoms with E-state index < -0.39 is 29.3 Å². The number of amides is 1. The van der Waals surface area contributed by atoms with E-state index in [1.807, 2.05) is 18.2 Å². The standard InChI is InChI=1S/C22H21NO6/c1-27-15-5-4-13-10-16-22(26)7-6-14(24)19-21(22,17(13)18(15)29-19)8-9-23(16)20(25)28-11-12-2-3-12/h2,4-7,16,19,26H,3,8-11H2,1H3/t16-,19+,21+,22?/m1/s1. The lowest BCUT2D eigenvalue weighted by Crippen LogP contribution is -2.75. The summed E-state index contributed by atoms with van der Waals surface area (Å²) in [4.78, 5) is 27.2. The number of ketones is 1. The summed E-state index contributed by atoms with van der Waals surface area (Å²) in [5.41, 5.74) is 0.616. The van der Waals surface area contributed by atoms with E-state index in [-0.39, 0.29) is 5.78 Å². The third kappa shape index (κ3) is 1.96. The smallest absolute Gasteiger partial charge is 0.410 e. The van der Waals surface area contributed by atoms with Crippen LogP contribution in [0, 0.1) is 0 Å². The predicted octanol–water partition coefficient (Wildman–Crippen LogP) is 1.66. The first-order valence-corrected chi connectivity index (χ1v) is 9.93. The second kappa shape index (κ2) is 5.42. The number of hydrogen-bond acceptors (Lipinski definition) is 6. The van der Waals surface area contributed by atoms with Gasteiger partial charge >= 0.3 is 6.09 Å². The minimum atomic E-state index is -1.41. The first kappa shape index (κ1) is 17.1. The third-order valence-corrected chi connectivity index (χ3v) is 7.18. The number of rotatable bonds is 3. The lowest BCUT2D eigenvalue weighted by atomic mass is 9.51. The molecule has 1 unspecified atom stereocenters. The zero-order valence-corrected chi connectivity index (χ0v) is 16.0. The first-order chi connectivity index (χ1) is 14.0. The SMILES string of the molecule is COc1ccc2c3c1O[C@H]1C(=O)C=CC4(O)[C@@H](C2)N(C(=O)OCC2=CC2)CC[C@]314. The van der Waals surface area contributed by atoms with Crippen LogP contribution in [0.15, 0.2) is 35.9 Å². The van der Waals surface area contributed by atoms with E-state index >= 15 is 0 Å². The van der Waals surface area contributed by atoms with E-state index in [1.54, 1.807) is 18.1 Å². The van der Waals surface area contributed by atoms with E-state index in [1.165, 1.54) is 6.08 Å². The normalized spacial score (nSPS) is 34.9. The average molecular weight is 395 g/mol. The predicted molar refractivity (Wildman–Crippen MR) is 101 cm³/mol. The summed E-state index contributed by atoms with van der Waals surface area (Å²) in [6.07, 6.45) is 5.50. The molecule has 2 heterocycles. The molecule has 2 bridgehead atoms. The van der Waals surface area contributed by atoms with Gasteiger partial charge in [0.1, 0.15) is 12.2 Å². The minimum Gasteiger partial charge on any atom is -0.493 e. The van der Waals surface area contributed by atoms with Gasteiger partial charge < -0.3 is 24.2 Å². The number of ether oxygens (including phenoxy) is 3. The first-order valence-electron chi connectivity index (χ1n) is 9.93. The van der Waals surface area contributed by atoms with E-state index in [4.69, 9.17) is 14.2 Å². The molecule has 29 heavy (non-hydrogen) atoms. The lowest BCUT2D eigenvalue weighted by Gasteiger charge is -2.60. The molecular weight excluding hydrogens is 374 g/mol. The number of carbonyl (C=O) groups excluding carboxylic acids is 2. The van der Waals surface area contributed by atoms with Crippen LogP contribution < -0.4 is 9.47 Å². The summed E-state index contributed by atoms with van der Waals surface area (Å²) in [6.45, 7) is 0.686. The van der Waals surface area contributed by atoms with Crippen molar-refractivity contribution in [2.75, 3.05) is 20.3 Å². The molecule has 0 aromatic heterocycles. The van der Waals surface area contributed by atoms with Gasteiger partial charge in [-0.05, 0) is 48.6 Å². The molecule has 1 fully saturated rings. The van der Waals surface area contributed by atoms with Crippen molar-refractivity contribution in [3.8, 4) is 11.5 Å². The molecule has 1 N–H and O–H groups in total. The Bertz CT molecular complexity index is 1030. The monoisotopic (exact) mass is 395 g/mol. The Kier molecular flexibility index (Phi) is 3.19. The van der Waals surface area contributed by atoms with Crippen molar-refractivity contribution in [3.05, 3.63) is 47.1 Å². The van der Waals surface area contributed by atoms with Crippen LogP contribution in [-0.4, -0.2) is 59.9 Å². The Balaban J connectivity index is 1.49. The summed E-state index contributed by atoms with van der Waals surface area (Å²) in [7, 11) is 1.56. The van der Waals surface area contributed by atoms with Crippen molar-refractivity contribution in [2.45, 2.75) is 42.4 Å². The Labute approximate surface area is 167 Å². The number of aliphatic hydroxyl groups is 1.